The first-order valence-corrected chi connectivity index (χ1v) is 13.1. The summed E-state index contributed by atoms with van der Waals surface area (Å²) in [7, 11) is -3.93. The predicted octanol–water partition coefficient (Wildman–Crippen LogP) is 6.08. The Morgan fingerprint density at radius 2 is 1.76 bits per heavy atom. The Morgan fingerprint density at radius 1 is 1.06 bits per heavy atom. The van der Waals surface area contributed by atoms with Crippen LogP contribution in [-0.2, 0) is 10.0 Å². The van der Waals surface area contributed by atoms with Crippen LogP contribution >= 0.6 is 0 Å². The fourth-order valence-corrected chi connectivity index (χ4v) is 5.13. The monoisotopic (exact) mass is 486 g/mol. The molecule has 9 heteroatoms. The van der Waals surface area contributed by atoms with Crippen molar-refractivity contribution in [1.82, 2.24) is 4.31 Å². The minimum Gasteiger partial charge on any atom is -0.277 e. The van der Waals surface area contributed by atoms with Gasteiger partial charge in [-0.05, 0) is 30.0 Å². The number of nitrogens with one attached hydrogen (secondary N) is 1. The van der Waals surface area contributed by atoms with E-state index < -0.39 is 14.9 Å². The number of non-ortho nitro benzene ring substituents is 1. The molecule has 0 amide bonds. The molecule has 0 fully saturated rings. The summed E-state index contributed by atoms with van der Waals surface area (Å²) in [5.41, 5.74) is 4.77. The van der Waals surface area contributed by atoms with Crippen molar-refractivity contribution in [3.8, 4) is 0 Å². The molecule has 34 heavy (non-hydrogen) atoms. The largest absolute Gasteiger partial charge is 0.277 e. The molecule has 0 aromatic heterocycles. The third-order valence-electron chi connectivity index (χ3n) is 5.39. The van der Waals surface area contributed by atoms with E-state index in [9.17, 15) is 18.5 Å². The second-order valence-electron chi connectivity index (χ2n) is 7.84. The van der Waals surface area contributed by atoms with Crippen LogP contribution in [0.4, 0.5) is 11.4 Å². The zero-order chi connectivity index (χ0) is 25.0. The van der Waals surface area contributed by atoms with E-state index in [2.05, 4.69) is 23.5 Å². The van der Waals surface area contributed by atoms with Crippen LogP contribution in [0.25, 0.3) is 6.08 Å². The summed E-state index contributed by atoms with van der Waals surface area (Å²) in [4.78, 5) is 10.5. The third-order valence-corrected chi connectivity index (χ3v) is 7.48. The van der Waals surface area contributed by atoms with E-state index in [1.807, 2.05) is 30.3 Å². The molecule has 0 bridgehead atoms. The van der Waals surface area contributed by atoms with Crippen LogP contribution in [0.3, 0.4) is 0 Å². The third kappa shape index (κ3) is 7.78. The highest BCUT2D eigenvalue weighted by Crippen LogP contribution is 2.29. The maximum atomic E-state index is 13.1. The molecular formula is C25H34N4O4S. The van der Waals surface area contributed by atoms with Gasteiger partial charge in [0.05, 0.1) is 16.8 Å². The first kappa shape index (κ1) is 27.2. The summed E-state index contributed by atoms with van der Waals surface area (Å²) in [6.07, 6.45) is 9.05. The molecule has 2 aromatic rings. The van der Waals surface area contributed by atoms with Crippen LogP contribution in [0.1, 0.15) is 58.4 Å². The van der Waals surface area contributed by atoms with Gasteiger partial charge in [-0.15, -0.1) is 0 Å². The molecule has 0 unspecified atom stereocenters. The van der Waals surface area contributed by atoms with Crippen molar-refractivity contribution >= 4 is 33.7 Å². The second-order valence-corrected chi connectivity index (χ2v) is 9.74. The molecule has 8 nitrogen and oxygen atoms in total. The fourth-order valence-electron chi connectivity index (χ4n) is 3.51. The lowest BCUT2D eigenvalue weighted by molar-refractivity contribution is -0.385. The topological polar surface area (TPSA) is 105 Å². The van der Waals surface area contributed by atoms with Gasteiger partial charge < -0.3 is 0 Å². The molecule has 2 rings (SSSR count). The summed E-state index contributed by atoms with van der Waals surface area (Å²) < 4.78 is 27.5. The van der Waals surface area contributed by atoms with Crippen LogP contribution in [0.2, 0.25) is 0 Å². The molecular weight excluding hydrogens is 452 g/mol. The normalized spacial score (nSPS) is 12.4. The van der Waals surface area contributed by atoms with E-state index in [-0.39, 0.29) is 29.4 Å². The zero-order valence-corrected chi connectivity index (χ0v) is 20.9. The molecule has 184 valence electrons. The van der Waals surface area contributed by atoms with Gasteiger partial charge in [0.25, 0.3) is 5.69 Å². The van der Waals surface area contributed by atoms with E-state index in [0.29, 0.717) is 0 Å². The first-order valence-electron chi connectivity index (χ1n) is 11.7. The van der Waals surface area contributed by atoms with Gasteiger partial charge in [0.15, 0.2) is 0 Å². The number of nitro groups is 1. The number of hydrogen-bond acceptors (Lipinski definition) is 6. The van der Waals surface area contributed by atoms with Gasteiger partial charge in [0, 0.05) is 25.2 Å². The predicted molar refractivity (Wildman–Crippen MR) is 138 cm³/mol. The molecule has 0 aliphatic heterocycles. The van der Waals surface area contributed by atoms with Gasteiger partial charge in [-0.2, -0.15) is 9.41 Å². The highest BCUT2D eigenvalue weighted by atomic mass is 32.2. The summed E-state index contributed by atoms with van der Waals surface area (Å²) in [5.74, 6) is 0. The van der Waals surface area contributed by atoms with Gasteiger partial charge in [-0.25, -0.2) is 8.42 Å². The van der Waals surface area contributed by atoms with E-state index in [4.69, 9.17) is 0 Å². The lowest BCUT2D eigenvalue weighted by Gasteiger charge is -2.20. The average Bonchev–Trinajstić information content (AvgIpc) is 2.83. The number of nitrogens with zero attached hydrogens (tertiary/aromatic N) is 3. The van der Waals surface area contributed by atoms with Crippen molar-refractivity contribution in [2.45, 2.75) is 57.8 Å². The number of hydrogen-bond donors (Lipinski definition) is 1. The number of unbranched alkanes of at least 4 members (excludes halogenated alkanes) is 3. The molecule has 0 aliphatic carbocycles. The van der Waals surface area contributed by atoms with E-state index in [1.54, 1.807) is 20.1 Å². The summed E-state index contributed by atoms with van der Waals surface area (Å²) in [5, 5.41) is 15.6. The highest BCUT2D eigenvalue weighted by Gasteiger charge is 2.27. The summed E-state index contributed by atoms with van der Waals surface area (Å²) in [6, 6.07) is 13.7. The Hall–Kier alpha value is -3.04. The van der Waals surface area contributed by atoms with Crippen molar-refractivity contribution in [2.24, 2.45) is 5.10 Å². The quantitative estimate of drug-likeness (QED) is 0.151. The highest BCUT2D eigenvalue weighted by molar-refractivity contribution is 7.89. The lowest BCUT2D eigenvalue weighted by atomic mass is 10.0. The summed E-state index contributed by atoms with van der Waals surface area (Å²) >= 11 is 0. The van der Waals surface area contributed by atoms with Gasteiger partial charge in [0.1, 0.15) is 4.90 Å². The number of anilines is 1. The smallest absolute Gasteiger partial charge is 0.270 e. The molecule has 0 atom stereocenters. The first-order chi connectivity index (χ1) is 16.3. The number of nitro benzene ring substituents is 1. The molecule has 0 saturated carbocycles. The van der Waals surface area contributed by atoms with E-state index >= 15 is 0 Å². The molecule has 0 saturated heterocycles. The number of allylic oxidation sites excluding steroid dienone is 1. The summed E-state index contributed by atoms with van der Waals surface area (Å²) in [6.45, 7) is 6.13. The van der Waals surface area contributed by atoms with Crippen molar-refractivity contribution in [1.29, 1.82) is 0 Å². The molecule has 1 N–H and O–H groups in total. The van der Waals surface area contributed by atoms with Crippen molar-refractivity contribution in [3.63, 3.8) is 0 Å². The number of benzene rings is 2. The van der Waals surface area contributed by atoms with Crippen LogP contribution in [-0.4, -0.2) is 37.0 Å². The second kappa shape index (κ2) is 13.6. The van der Waals surface area contributed by atoms with Gasteiger partial charge >= 0.3 is 0 Å². The number of sulfonamides is 1. The Morgan fingerprint density at radius 3 is 2.38 bits per heavy atom. The number of rotatable bonds is 14. The SMILES string of the molecule is CCCCCCC(=C/c1ccccc1)/C=N/Nc1ccc([N+](=O)[O-])cc1S(=O)(=O)N(CC)CC. The molecule has 0 heterocycles. The number of hydrazone groups is 1. The average molecular weight is 487 g/mol. The standard InChI is InChI=1S/C25H34N4O4S/c1-4-7-8-10-15-22(18-21-13-11-9-12-14-21)20-26-27-24-17-16-23(29(30)31)19-25(24)34(32,33)28(5-2)6-3/h9,11-14,16-20,27H,4-8,10,15H2,1-3H3/b22-18-,26-20+. The van der Waals surface area contributed by atoms with Crippen LogP contribution in [0.15, 0.2) is 64.1 Å². The van der Waals surface area contributed by atoms with Crippen molar-refractivity contribution < 1.29 is 13.3 Å². The van der Waals surface area contributed by atoms with Crippen molar-refractivity contribution in [2.75, 3.05) is 18.5 Å². The van der Waals surface area contributed by atoms with Gasteiger partial charge in [-0.3, -0.25) is 15.5 Å². The van der Waals surface area contributed by atoms with Crippen molar-refractivity contribution in [3.05, 3.63) is 69.8 Å². The zero-order valence-electron chi connectivity index (χ0n) is 20.1. The van der Waals surface area contributed by atoms with Gasteiger partial charge in [0.2, 0.25) is 10.0 Å². The van der Waals surface area contributed by atoms with Gasteiger partial charge in [-0.1, -0.05) is 76.4 Å². The molecule has 0 spiro atoms. The van der Waals surface area contributed by atoms with Crippen LogP contribution in [0, 0.1) is 10.1 Å². The minimum atomic E-state index is -3.93. The Kier molecular flexibility index (Phi) is 10.9. The van der Waals surface area contributed by atoms with E-state index in [0.717, 1.165) is 42.9 Å². The molecule has 2 aromatic carbocycles. The van der Waals surface area contributed by atoms with E-state index in [1.165, 1.54) is 22.9 Å². The Bertz CT molecular complexity index is 1100. The van der Waals surface area contributed by atoms with Crippen LogP contribution in [0.5, 0.6) is 0 Å². The molecule has 0 aliphatic rings. The fraction of sp³-hybridized carbons (Fsp3) is 0.400. The lowest BCUT2D eigenvalue weighted by Crippen LogP contribution is -2.31. The minimum absolute atomic E-state index is 0.168. The maximum Gasteiger partial charge on any atom is 0.270 e. The Labute approximate surface area is 202 Å². The Balaban J connectivity index is 2.35. The van der Waals surface area contributed by atoms with Crippen LogP contribution < -0.4 is 5.43 Å². The molecule has 0 radical (unpaired) electrons. The maximum absolute atomic E-state index is 13.1.